The fourth-order valence-electron chi connectivity index (χ4n) is 6.59. The van der Waals surface area contributed by atoms with Gasteiger partial charge in [-0.1, -0.05) is 25.0 Å². The van der Waals surface area contributed by atoms with Crippen molar-refractivity contribution in [2.75, 3.05) is 13.7 Å². The summed E-state index contributed by atoms with van der Waals surface area (Å²) in [4.78, 5) is 65.4. The second-order valence-corrected chi connectivity index (χ2v) is 15.3. The first-order chi connectivity index (χ1) is 24.7. The number of alkyl carbamates (subject to hydrolysis) is 1. The summed E-state index contributed by atoms with van der Waals surface area (Å²) in [5, 5.41) is 12.0. The van der Waals surface area contributed by atoms with Crippen LogP contribution in [0.5, 0.6) is 5.88 Å². The average Bonchev–Trinajstić information content (AvgIpc) is 3.39. The van der Waals surface area contributed by atoms with Crippen LogP contribution in [0.4, 0.5) is 4.79 Å². The third-order valence-electron chi connectivity index (χ3n) is 9.22. The minimum absolute atomic E-state index is 0.0209. The van der Waals surface area contributed by atoms with Gasteiger partial charge in [0.05, 0.1) is 24.9 Å². The molecule has 3 aromatic heterocycles. The fourth-order valence-corrected chi connectivity index (χ4v) is 7.35. The van der Waals surface area contributed by atoms with Crippen LogP contribution in [0.2, 0.25) is 0 Å². The highest BCUT2D eigenvalue weighted by Crippen LogP contribution is 2.45. The van der Waals surface area contributed by atoms with Crippen molar-refractivity contribution in [3.8, 4) is 17.4 Å². The van der Waals surface area contributed by atoms with E-state index in [-0.39, 0.29) is 18.9 Å². The van der Waals surface area contributed by atoms with Crippen LogP contribution >= 0.6 is 11.3 Å². The number of aryl methyl sites for hydroxylation is 2. The molecule has 2 aliphatic rings. The molecular weight excluding hydrogens is 687 g/mol. The van der Waals surface area contributed by atoms with E-state index in [1.807, 2.05) is 37.6 Å². The van der Waals surface area contributed by atoms with Gasteiger partial charge in [0.1, 0.15) is 39.7 Å². The van der Waals surface area contributed by atoms with Crippen LogP contribution in [-0.4, -0.2) is 91.5 Å². The molecule has 0 spiro atoms. The first-order valence-electron chi connectivity index (χ1n) is 17.6. The van der Waals surface area contributed by atoms with E-state index in [4.69, 9.17) is 24.2 Å². The smallest absolute Gasteiger partial charge is 0.408 e. The van der Waals surface area contributed by atoms with E-state index in [9.17, 15) is 19.2 Å². The summed E-state index contributed by atoms with van der Waals surface area (Å²) in [6, 6.07) is 1.75. The SMILES string of the molecule is C=CCCCCCC(NC(=O)OC(C)(C)C)C(=O)N1CC(Oc2nc(-c3cc(C)nn3C)nc3ccsc23)CC1C(=O)NC1(C(=O)OC)CC1C=C. The van der Waals surface area contributed by atoms with Crippen molar-refractivity contribution < 1.29 is 33.4 Å². The summed E-state index contributed by atoms with van der Waals surface area (Å²) in [6.07, 6.45) is 5.98. The van der Waals surface area contributed by atoms with Crippen LogP contribution in [0.3, 0.4) is 0 Å². The molecule has 3 aromatic rings. The Bertz CT molecular complexity index is 1830. The average molecular weight is 736 g/mol. The maximum absolute atomic E-state index is 14.5. The molecule has 1 saturated heterocycles. The normalized spacial score (nSPS) is 21.7. The van der Waals surface area contributed by atoms with E-state index in [0.717, 1.165) is 25.0 Å². The number of carbonyl (C=O) groups excluding carboxylic acids is 4. The highest BCUT2D eigenvalue weighted by molar-refractivity contribution is 7.17. The molecule has 52 heavy (non-hydrogen) atoms. The Morgan fingerprint density at radius 2 is 1.94 bits per heavy atom. The number of fused-ring (bicyclic) bond motifs is 1. The van der Waals surface area contributed by atoms with Gasteiger partial charge >= 0.3 is 12.1 Å². The Labute approximate surface area is 308 Å². The number of aromatic nitrogens is 4. The van der Waals surface area contributed by atoms with Crippen LogP contribution in [0, 0.1) is 12.8 Å². The largest absolute Gasteiger partial charge is 0.471 e. The quantitative estimate of drug-likeness (QED) is 0.123. The van der Waals surface area contributed by atoms with Gasteiger partial charge in [0, 0.05) is 19.4 Å². The number of nitrogens with one attached hydrogen (secondary N) is 2. The van der Waals surface area contributed by atoms with E-state index in [1.165, 1.54) is 23.3 Å². The molecule has 280 valence electrons. The standard InChI is InChI=1S/C37H49N7O7S/c1-9-11-12-13-14-15-26(39-35(48)51-36(4,5)6)33(46)44-21-24(19-28(44)31(45)41-37(34(47)49-8)20-23(37)10-2)50-32-29-25(16-17-52-29)38-30(40-32)27-18-22(3)42-43(27)7/h9-10,16-18,23-24,26,28H,1-2,11-15,19-21H2,3-8H3,(H,39,48)(H,41,45). The van der Waals surface area contributed by atoms with Gasteiger partial charge in [0.15, 0.2) is 5.82 Å². The number of amides is 3. The zero-order chi connectivity index (χ0) is 37.8. The molecule has 1 aliphatic heterocycles. The van der Waals surface area contributed by atoms with Crippen LogP contribution < -0.4 is 15.4 Å². The Morgan fingerprint density at radius 1 is 1.17 bits per heavy atom. The molecular formula is C37H49N7O7S. The minimum Gasteiger partial charge on any atom is -0.471 e. The van der Waals surface area contributed by atoms with Crippen molar-refractivity contribution in [3.05, 3.63) is 48.5 Å². The molecule has 0 bridgehead atoms. The Balaban J connectivity index is 1.45. The van der Waals surface area contributed by atoms with E-state index in [2.05, 4.69) is 28.9 Å². The van der Waals surface area contributed by atoms with Crippen LogP contribution in [-0.2, 0) is 30.9 Å². The minimum atomic E-state index is -1.27. The van der Waals surface area contributed by atoms with Gasteiger partial charge in [-0.25, -0.2) is 14.6 Å². The molecule has 15 heteroatoms. The summed E-state index contributed by atoms with van der Waals surface area (Å²) in [6.45, 7) is 14.7. The van der Waals surface area contributed by atoms with Gasteiger partial charge in [0.25, 0.3) is 0 Å². The lowest BCUT2D eigenvalue weighted by molar-refractivity contribution is -0.148. The number of hydrogen-bond acceptors (Lipinski definition) is 11. The number of rotatable bonds is 15. The molecule has 2 N–H and O–H groups in total. The number of thiophene rings is 1. The number of ether oxygens (including phenoxy) is 3. The van der Waals surface area contributed by atoms with Gasteiger partial charge in [-0.3, -0.25) is 14.3 Å². The number of esters is 1. The molecule has 2 fully saturated rings. The lowest BCUT2D eigenvalue weighted by Gasteiger charge is -2.30. The third kappa shape index (κ3) is 8.63. The molecule has 0 aromatic carbocycles. The summed E-state index contributed by atoms with van der Waals surface area (Å²) in [7, 11) is 3.08. The Kier molecular flexibility index (Phi) is 11.7. The number of carbonyl (C=O) groups is 4. The lowest BCUT2D eigenvalue weighted by atomic mass is 10.0. The molecule has 14 nitrogen and oxygen atoms in total. The van der Waals surface area contributed by atoms with Crippen molar-refractivity contribution >= 4 is 45.4 Å². The van der Waals surface area contributed by atoms with Crippen molar-refractivity contribution in [1.29, 1.82) is 0 Å². The molecule has 5 unspecified atom stereocenters. The lowest BCUT2D eigenvalue weighted by Crippen LogP contribution is -2.56. The number of likely N-dealkylation sites (tertiary alicyclic amines) is 1. The van der Waals surface area contributed by atoms with E-state index < -0.39 is 53.2 Å². The summed E-state index contributed by atoms with van der Waals surface area (Å²) < 4.78 is 19.5. The van der Waals surface area contributed by atoms with Gasteiger partial charge in [-0.15, -0.1) is 24.5 Å². The number of nitrogens with zero attached hydrogens (tertiary/aromatic N) is 5. The number of hydrogen-bond donors (Lipinski definition) is 2. The Hall–Kier alpha value is -4.79. The Morgan fingerprint density at radius 3 is 2.58 bits per heavy atom. The van der Waals surface area contributed by atoms with E-state index in [1.54, 1.807) is 31.5 Å². The van der Waals surface area contributed by atoms with Gasteiger partial charge < -0.3 is 29.7 Å². The molecule has 0 radical (unpaired) electrons. The van der Waals surface area contributed by atoms with E-state index in [0.29, 0.717) is 46.9 Å². The molecule has 1 saturated carbocycles. The first-order valence-corrected chi connectivity index (χ1v) is 18.4. The van der Waals surface area contributed by atoms with Crippen LogP contribution in [0.1, 0.15) is 71.4 Å². The highest BCUT2D eigenvalue weighted by Gasteiger charge is 2.62. The van der Waals surface area contributed by atoms with Gasteiger partial charge in [0.2, 0.25) is 17.7 Å². The van der Waals surface area contributed by atoms with Gasteiger partial charge in [-0.05, 0) is 70.9 Å². The highest BCUT2D eigenvalue weighted by atomic mass is 32.1. The molecule has 5 rings (SSSR count). The molecule has 1 aliphatic carbocycles. The molecule has 4 heterocycles. The third-order valence-corrected chi connectivity index (χ3v) is 10.1. The summed E-state index contributed by atoms with van der Waals surface area (Å²) in [5.41, 5.74) is 0.137. The summed E-state index contributed by atoms with van der Waals surface area (Å²) >= 11 is 1.42. The fraction of sp³-hybridized carbons (Fsp3) is 0.541. The van der Waals surface area contributed by atoms with Gasteiger partial charge in [-0.2, -0.15) is 10.1 Å². The van der Waals surface area contributed by atoms with Crippen molar-refractivity contribution in [2.24, 2.45) is 13.0 Å². The van der Waals surface area contributed by atoms with Crippen molar-refractivity contribution in [2.45, 2.75) is 102 Å². The second-order valence-electron chi connectivity index (χ2n) is 14.4. The predicted octanol–water partition coefficient (Wildman–Crippen LogP) is 5.01. The maximum atomic E-state index is 14.5. The van der Waals surface area contributed by atoms with Crippen molar-refractivity contribution in [3.63, 3.8) is 0 Å². The zero-order valence-electron chi connectivity index (χ0n) is 30.8. The second kappa shape index (κ2) is 15.8. The van der Waals surface area contributed by atoms with Crippen LogP contribution in [0.15, 0.2) is 42.8 Å². The monoisotopic (exact) mass is 735 g/mol. The maximum Gasteiger partial charge on any atom is 0.408 e. The van der Waals surface area contributed by atoms with E-state index >= 15 is 0 Å². The van der Waals surface area contributed by atoms with Crippen molar-refractivity contribution in [1.82, 2.24) is 35.3 Å². The number of methoxy groups -OCH3 is 1. The van der Waals surface area contributed by atoms with Crippen LogP contribution in [0.25, 0.3) is 21.7 Å². The molecule has 3 amide bonds. The first kappa shape index (κ1) is 38.4. The topological polar surface area (TPSA) is 167 Å². The zero-order valence-corrected chi connectivity index (χ0v) is 31.6. The molecule has 5 atom stereocenters. The predicted molar refractivity (Wildman–Crippen MR) is 197 cm³/mol. The number of unbranched alkanes of at least 4 members (excludes halogenated alkanes) is 3. The number of allylic oxidation sites excluding steroid dienone is 1. The summed E-state index contributed by atoms with van der Waals surface area (Å²) in [5.74, 6) is -1.16.